The maximum atomic E-state index is 14.4. The van der Waals surface area contributed by atoms with Gasteiger partial charge in [-0.25, -0.2) is 19.8 Å². The van der Waals surface area contributed by atoms with E-state index in [0.29, 0.717) is 32.4 Å². The molecule has 1 aliphatic heterocycles. The lowest BCUT2D eigenvalue weighted by Crippen LogP contribution is -2.58. The summed E-state index contributed by atoms with van der Waals surface area (Å²) >= 11 is 7.43. The molecule has 1 aliphatic carbocycles. The van der Waals surface area contributed by atoms with Crippen molar-refractivity contribution in [3.63, 3.8) is 0 Å². The van der Waals surface area contributed by atoms with Crippen molar-refractivity contribution in [2.75, 3.05) is 6.54 Å². The fourth-order valence-corrected chi connectivity index (χ4v) is 7.18. The summed E-state index contributed by atoms with van der Waals surface area (Å²) in [5, 5.41) is 26.6. The van der Waals surface area contributed by atoms with E-state index in [0.717, 1.165) is 4.88 Å². The molecule has 2 aliphatic rings. The van der Waals surface area contributed by atoms with E-state index < -0.39 is 59.3 Å². The zero-order chi connectivity index (χ0) is 35.7. The third kappa shape index (κ3) is 6.93. The summed E-state index contributed by atoms with van der Waals surface area (Å²) in [4.78, 5) is 65.4. The molecule has 3 heterocycles. The third-order valence-corrected chi connectivity index (χ3v) is 10.2. The molecule has 3 N–H and O–H groups in total. The number of fused-ring (bicyclic) bond motifs is 1. The predicted molar refractivity (Wildman–Crippen MR) is 187 cm³/mol. The number of aromatic nitrogens is 2. The lowest BCUT2D eigenvalue weighted by molar-refractivity contribution is -0.187. The largest absolute Gasteiger partial charge is 0.479 e. The van der Waals surface area contributed by atoms with Crippen LogP contribution in [0.1, 0.15) is 32.3 Å². The van der Waals surface area contributed by atoms with Gasteiger partial charge < -0.3 is 20.1 Å². The van der Waals surface area contributed by atoms with Crippen LogP contribution in [0.4, 0.5) is 0 Å². The normalized spacial score (nSPS) is 21.9. The molecule has 14 heteroatoms. The fourth-order valence-electron chi connectivity index (χ4n) is 6.35. The standard InChI is InChI=1S/C36H36ClN5O7S/c1-4-22-18-36(22,35(46)47)40-32(44)27-17-24(49-33-30(28-10-7-15-50-28)38-25-8-5-6-9-26(25)39-33)19-41(27)34(45)31(20(2)3)42(48)29(43)16-21-11-13-23(37)14-12-21/h4-15,20,22,24,27,31,48H,1,16-19H2,2-3H3,(H,40,44)(H,46,47)/t22-,24-,27+,31?,36?/m1/s1. The zero-order valence-corrected chi connectivity index (χ0v) is 28.9. The summed E-state index contributed by atoms with van der Waals surface area (Å²) in [6.07, 6.45) is 0.652. The molecule has 0 bridgehead atoms. The molecule has 12 nitrogen and oxygen atoms in total. The molecule has 3 amide bonds. The molecule has 0 radical (unpaired) electrons. The van der Waals surface area contributed by atoms with Crippen LogP contribution in [0, 0.1) is 11.8 Å². The first-order valence-electron chi connectivity index (χ1n) is 16.1. The number of nitrogens with one attached hydrogen (secondary N) is 1. The molecule has 4 aromatic rings. The number of likely N-dealkylation sites (tertiary alicyclic amines) is 1. The van der Waals surface area contributed by atoms with Crippen LogP contribution >= 0.6 is 22.9 Å². The van der Waals surface area contributed by atoms with Gasteiger partial charge >= 0.3 is 5.97 Å². The number of ether oxygens (including phenoxy) is 1. The molecule has 2 aromatic carbocycles. The van der Waals surface area contributed by atoms with Gasteiger partial charge in [-0.2, -0.15) is 0 Å². The zero-order valence-electron chi connectivity index (χ0n) is 27.4. The second-order valence-electron chi connectivity index (χ2n) is 12.9. The van der Waals surface area contributed by atoms with Crippen LogP contribution in [0.5, 0.6) is 5.88 Å². The van der Waals surface area contributed by atoms with Crippen LogP contribution in [0.15, 0.2) is 78.7 Å². The van der Waals surface area contributed by atoms with Gasteiger partial charge in [0.05, 0.1) is 28.9 Å². The molecule has 6 rings (SSSR count). The molecule has 1 saturated carbocycles. The summed E-state index contributed by atoms with van der Waals surface area (Å²) in [5.41, 5.74) is 0.784. The number of amides is 3. The number of nitrogens with zero attached hydrogens (tertiary/aromatic N) is 4. The van der Waals surface area contributed by atoms with Gasteiger partial charge in [0.15, 0.2) is 0 Å². The Hall–Kier alpha value is -4.85. The van der Waals surface area contributed by atoms with E-state index >= 15 is 0 Å². The van der Waals surface area contributed by atoms with Gasteiger partial charge in [-0.1, -0.05) is 61.9 Å². The highest BCUT2D eigenvalue weighted by molar-refractivity contribution is 7.13. The number of hydrogen-bond acceptors (Lipinski definition) is 9. The molecular formula is C36H36ClN5O7S. The molecule has 50 heavy (non-hydrogen) atoms. The van der Waals surface area contributed by atoms with E-state index in [4.69, 9.17) is 26.3 Å². The van der Waals surface area contributed by atoms with Crippen LogP contribution in [-0.4, -0.2) is 84.2 Å². The van der Waals surface area contributed by atoms with Crippen LogP contribution in [0.3, 0.4) is 0 Å². The second kappa shape index (κ2) is 14.2. The molecule has 1 saturated heterocycles. The van der Waals surface area contributed by atoms with E-state index in [9.17, 15) is 29.5 Å². The Bertz CT molecular complexity index is 1940. The molecule has 2 aromatic heterocycles. The van der Waals surface area contributed by atoms with Crippen molar-refractivity contribution in [2.24, 2.45) is 11.8 Å². The molecule has 2 fully saturated rings. The van der Waals surface area contributed by atoms with E-state index in [2.05, 4.69) is 11.9 Å². The van der Waals surface area contributed by atoms with E-state index in [-0.39, 0.29) is 31.7 Å². The SMILES string of the molecule is C=C[C@@H]1CC1(NC(=O)[C@@H]1C[C@@H](Oc2nc3ccccc3nc2-c2cccs2)CN1C(=O)C(C(C)C)N(O)C(=O)Cc1ccc(Cl)cc1)C(=O)O. The Morgan fingerprint density at radius 3 is 2.42 bits per heavy atom. The average molecular weight is 718 g/mol. The van der Waals surface area contributed by atoms with Crippen LogP contribution in [-0.2, 0) is 25.6 Å². The minimum atomic E-state index is -1.54. The first kappa shape index (κ1) is 35.0. The lowest BCUT2D eigenvalue weighted by Gasteiger charge is -2.34. The number of carboxylic acids is 1. The quantitative estimate of drug-likeness (QED) is 0.104. The number of halogens is 1. The summed E-state index contributed by atoms with van der Waals surface area (Å²) in [6, 6.07) is 15.1. The molecule has 260 valence electrons. The van der Waals surface area contributed by atoms with Gasteiger partial charge in [0.25, 0.3) is 5.91 Å². The van der Waals surface area contributed by atoms with Crippen LogP contribution in [0.25, 0.3) is 21.6 Å². The number of hydrogen-bond donors (Lipinski definition) is 3. The first-order chi connectivity index (χ1) is 23.9. The van der Waals surface area contributed by atoms with E-state index in [1.807, 2.05) is 35.7 Å². The van der Waals surface area contributed by atoms with Gasteiger partial charge in [0, 0.05) is 17.4 Å². The topological polar surface area (TPSA) is 162 Å². The van der Waals surface area contributed by atoms with Gasteiger partial charge in [0.2, 0.25) is 17.7 Å². The number of carbonyl (C=O) groups is 4. The highest BCUT2D eigenvalue weighted by atomic mass is 35.5. The Kier molecular flexibility index (Phi) is 9.92. The summed E-state index contributed by atoms with van der Waals surface area (Å²) < 4.78 is 6.44. The number of hydroxylamine groups is 2. The monoisotopic (exact) mass is 717 g/mol. The van der Waals surface area contributed by atoms with Gasteiger partial charge in [-0.05, 0) is 53.6 Å². The Morgan fingerprint density at radius 2 is 1.82 bits per heavy atom. The van der Waals surface area contributed by atoms with Gasteiger partial charge in [-0.15, -0.1) is 17.9 Å². The number of carbonyl (C=O) groups excluding carboxylic acids is 3. The van der Waals surface area contributed by atoms with Crippen molar-refractivity contribution in [3.8, 4) is 16.5 Å². The summed E-state index contributed by atoms with van der Waals surface area (Å²) in [7, 11) is 0. The summed E-state index contributed by atoms with van der Waals surface area (Å²) in [6.45, 7) is 6.93. The van der Waals surface area contributed by atoms with Gasteiger partial charge in [-0.3, -0.25) is 19.6 Å². The minimum absolute atomic E-state index is 0.0145. The van der Waals surface area contributed by atoms with Crippen LogP contribution in [0.2, 0.25) is 5.02 Å². The van der Waals surface area contributed by atoms with Crippen molar-refractivity contribution >= 4 is 57.7 Å². The Balaban J connectivity index is 1.31. The third-order valence-electron chi connectivity index (χ3n) is 9.12. The summed E-state index contributed by atoms with van der Waals surface area (Å²) in [5.74, 6) is -4.16. The highest BCUT2D eigenvalue weighted by Gasteiger charge is 2.61. The Morgan fingerprint density at radius 1 is 1.12 bits per heavy atom. The average Bonchev–Trinajstić information content (AvgIpc) is 3.38. The molecule has 0 spiro atoms. The molecule has 2 unspecified atom stereocenters. The van der Waals surface area contributed by atoms with Crippen molar-refractivity contribution in [1.29, 1.82) is 0 Å². The smallest absolute Gasteiger partial charge is 0.330 e. The minimum Gasteiger partial charge on any atom is -0.479 e. The predicted octanol–water partition coefficient (Wildman–Crippen LogP) is 4.99. The number of thiophene rings is 1. The maximum Gasteiger partial charge on any atom is 0.330 e. The number of benzene rings is 2. The second-order valence-corrected chi connectivity index (χ2v) is 14.3. The maximum absolute atomic E-state index is 14.4. The van der Waals surface area contributed by atoms with Crippen molar-refractivity contribution in [2.45, 2.75) is 56.8 Å². The lowest BCUT2D eigenvalue weighted by atomic mass is 10.0. The van der Waals surface area contributed by atoms with Crippen molar-refractivity contribution in [1.82, 2.24) is 25.2 Å². The number of aliphatic carboxylic acids is 1. The van der Waals surface area contributed by atoms with E-state index in [1.165, 1.54) is 22.3 Å². The molecular weight excluding hydrogens is 682 g/mol. The highest BCUT2D eigenvalue weighted by Crippen LogP contribution is 2.45. The van der Waals surface area contributed by atoms with Crippen molar-refractivity contribution in [3.05, 3.63) is 89.3 Å². The molecule has 5 atom stereocenters. The van der Waals surface area contributed by atoms with Gasteiger partial charge in [0.1, 0.15) is 29.4 Å². The van der Waals surface area contributed by atoms with Crippen molar-refractivity contribution < 1.29 is 34.2 Å². The number of rotatable bonds is 12. The van der Waals surface area contributed by atoms with E-state index in [1.54, 1.807) is 44.2 Å². The fraction of sp³-hybridized carbons (Fsp3) is 0.333. The van der Waals surface area contributed by atoms with Crippen LogP contribution < -0.4 is 10.1 Å². The first-order valence-corrected chi connectivity index (χ1v) is 17.4. The number of para-hydroxylation sites is 2. The Labute approximate surface area is 297 Å². The number of carboxylic acid groups (broad SMARTS) is 1.